The summed E-state index contributed by atoms with van der Waals surface area (Å²) in [5.41, 5.74) is 0.942. The van der Waals surface area contributed by atoms with Crippen LogP contribution in [0.4, 0.5) is 0 Å². The molecule has 0 unspecified atom stereocenters. The minimum Gasteiger partial charge on any atom is -0.461 e. The molecule has 0 fully saturated rings. The topological polar surface area (TPSA) is 13.1 Å². The van der Waals surface area contributed by atoms with Gasteiger partial charge in [-0.25, -0.2) is 0 Å². The molecule has 0 radical (unpaired) electrons. The van der Waals surface area contributed by atoms with Crippen LogP contribution in [0.2, 0.25) is 0 Å². The van der Waals surface area contributed by atoms with Gasteiger partial charge in [-0.05, 0) is 12.1 Å². The fraction of sp³-hybridized carbons (Fsp3) is 0.200. The van der Waals surface area contributed by atoms with Crippen LogP contribution < -0.4 is 0 Å². The molecule has 0 N–H and O–H groups in total. The third-order valence-electron chi connectivity index (χ3n) is 1.82. The smallest absolute Gasteiger partial charge is 0.134 e. The first-order valence-corrected chi connectivity index (χ1v) is 4.47. The molecule has 0 saturated heterocycles. The van der Waals surface area contributed by atoms with Crippen molar-refractivity contribution in [2.75, 3.05) is 5.88 Å². The zero-order valence-electron chi connectivity index (χ0n) is 6.59. The highest BCUT2D eigenvalue weighted by atomic mass is 35.5. The van der Waals surface area contributed by atoms with Crippen molar-refractivity contribution in [2.24, 2.45) is 0 Å². The molecular weight excluding hydrogens is 172 g/mol. The molecule has 0 aliphatic heterocycles. The standard InChI is InChI=1S/C10H9ClO/c11-6-5-9-7-8-3-1-2-4-10(8)12-9/h1-4,7H,5-6H2. The maximum Gasteiger partial charge on any atom is 0.134 e. The maximum absolute atomic E-state index is 5.60. The number of hydrogen-bond acceptors (Lipinski definition) is 1. The van der Waals surface area contributed by atoms with Crippen molar-refractivity contribution < 1.29 is 4.42 Å². The molecule has 2 aromatic rings. The third-order valence-corrected chi connectivity index (χ3v) is 2.01. The Balaban J connectivity index is 2.47. The molecule has 0 atom stereocenters. The molecule has 62 valence electrons. The number of hydrogen-bond donors (Lipinski definition) is 0. The predicted octanol–water partition coefficient (Wildman–Crippen LogP) is 3.21. The lowest BCUT2D eigenvalue weighted by molar-refractivity contribution is 0.558. The molecule has 0 spiro atoms. The molecule has 1 heterocycles. The van der Waals surface area contributed by atoms with Gasteiger partial charge >= 0.3 is 0 Å². The molecule has 1 aromatic heterocycles. The Labute approximate surface area is 75.9 Å². The van der Waals surface area contributed by atoms with Gasteiger partial charge in [-0.3, -0.25) is 0 Å². The van der Waals surface area contributed by atoms with Crippen LogP contribution in [0.25, 0.3) is 11.0 Å². The molecule has 0 saturated carbocycles. The van der Waals surface area contributed by atoms with Crippen LogP contribution >= 0.6 is 11.6 Å². The van der Waals surface area contributed by atoms with E-state index in [1.807, 2.05) is 30.3 Å². The summed E-state index contributed by atoms with van der Waals surface area (Å²) in [4.78, 5) is 0. The third kappa shape index (κ3) is 1.32. The molecule has 0 aliphatic rings. The van der Waals surface area contributed by atoms with Crippen molar-refractivity contribution >= 4 is 22.6 Å². The minimum absolute atomic E-state index is 0.611. The lowest BCUT2D eigenvalue weighted by Gasteiger charge is -1.86. The predicted molar refractivity (Wildman–Crippen MR) is 50.6 cm³/mol. The van der Waals surface area contributed by atoms with Gasteiger partial charge in [0.1, 0.15) is 11.3 Å². The normalized spacial score (nSPS) is 10.8. The Bertz CT molecular complexity index is 345. The van der Waals surface area contributed by atoms with Crippen molar-refractivity contribution in [3.63, 3.8) is 0 Å². The molecule has 0 bridgehead atoms. The number of rotatable bonds is 2. The molecule has 0 amide bonds. The van der Waals surface area contributed by atoms with Gasteiger partial charge in [-0.15, -0.1) is 11.6 Å². The highest BCUT2D eigenvalue weighted by Crippen LogP contribution is 2.18. The number of halogens is 1. The molecular formula is C10H9ClO. The number of benzene rings is 1. The second-order valence-corrected chi connectivity index (χ2v) is 3.07. The van der Waals surface area contributed by atoms with E-state index in [2.05, 4.69) is 0 Å². The van der Waals surface area contributed by atoms with Crippen LogP contribution in [0, 0.1) is 0 Å². The first kappa shape index (κ1) is 7.69. The molecule has 2 rings (SSSR count). The van der Waals surface area contributed by atoms with Crippen LogP contribution in [0.5, 0.6) is 0 Å². The van der Waals surface area contributed by atoms with Crippen molar-refractivity contribution in [1.82, 2.24) is 0 Å². The van der Waals surface area contributed by atoms with E-state index in [4.69, 9.17) is 16.0 Å². The van der Waals surface area contributed by atoms with Crippen LogP contribution in [0.15, 0.2) is 34.7 Å². The zero-order valence-corrected chi connectivity index (χ0v) is 7.34. The molecule has 1 nitrogen and oxygen atoms in total. The number of para-hydroxylation sites is 1. The van der Waals surface area contributed by atoms with E-state index in [9.17, 15) is 0 Å². The summed E-state index contributed by atoms with van der Waals surface area (Å²) < 4.78 is 5.52. The van der Waals surface area contributed by atoms with Crippen LogP contribution in [-0.2, 0) is 6.42 Å². The zero-order chi connectivity index (χ0) is 8.39. The fourth-order valence-electron chi connectivity index (χ4n) is 1.25. The SMILES string of the molecule is ClCCc1cc2ccccc2o1. The summed E-state index contributed by atoms with van der Waals surface area (Å²) in [7, 11) is 0. The van der Waals surface area contributed by atoms with Crippen molar-refractivity contribution in [1.29, 1.82) is 0 Å². The van der Waals surface area contributed by atoms with E-state index in [1.54, 1.807) is 0 Å². The summed E-state index contributed by atoms with van der Waals surface area (Å²) in [5, 5.41) is 1.15. The summed E-state index contributed by atoms with van der Waals surface area (Å²) in [5.74, 6) is 1.58. The number of fused-ring (bicyclic) bond motifs is 1. The number of alkyl halides is 1. The maximum atomic E-state index is 5.60. The van der Waals surface area contributed by atoms with Crippen molar-refractivity contribution in [2.45, 2.75) is 6.42 Å². The number of aryl methyl sites for hydroxylation is 1. The minimum atomic E-state index is 0.611. The lowest BCUT2D eigenvalue weighted by Crippen LogP contribution is -1.79. The quantitative estimate of drug-likeness (QED) is 0.647. The molecule has 12 heavy (non-hydrogen) atoms. The molecule has 0 aliphatic carbocycles. The molecule has 2 heteroatoms. The lowest BCUT2D eigenvalue weighted by atomic mass is 10.2. The van der Waals surface area contributed by atoms with Crippen molar-refractivity contribution in [3.8, 4) is 0 Å². The van der Waals surface area contributed by atoms with Crippen LogP contribution in [0.1, 0.15) is 5.76 Å². The highest BCUT2D eigenvalue weighted by Gasteiger charge is 2.00. The van der Waals surface area contributed by atoms with E-state index in [1.165, 1.54) is 0 Å². The van der Waals surface area contributed by atoms with Gasteiger partial charge < -0.3 is 4.42 Å². The largest absolute Gasteiger partial charge is 0.461 e. The van der Waals surface area contributed by atoms with E-state index >= 15 is 0 Å². The second kappa shape index (κ2) is 3.20. The summed E-state index contributed by atoms with van der Waals surface area (Å²) in [6.45, 7) is 0. The Morgan fingerprint density at radius 1 is 1.25 bits per heavy atom. The van der Waals surface area contributed by atoms with Crippen LogP contribution in [-0.4, -0.2) is 5.88 Å². The first-order valence-electron chi connectivity index (χ1n) is 3.93. The van der Waals surface area contributed by atoms with E-state index in [0.717, 1.165) is 23.2 Å². The van der Waals surface area contributed by atoms with E-state index in [0.29, 0.717) is 5.88 Å². The van der Waals surface area contributed by atoms with Gasteiger partial charge in [-0.2, -0.15) is 0 Å². The Hall–Kier alpha value is -0.950. The Morgan fingerprint density at radius 2 is 2.08 bits per heavy atom. The monoisotopic (exact) mass is 180 g/mol. The summed E-state index contributed by atoms with van der Waals surface area (Å²) in [6.07, 6.45) is 0.802. The van der Waals surface area contributed by atoms with Gasteiger partial charge in [0.15, 0.2) is 0 Å². The average molecular weight is 181 g/mol. The van der Waals surface area contributed by atoms with Gasteiger partial charge in [0.05, 0.1) is 0 Å². The second-order valence-electron chi connectivity index (χ2n) is 2.69. The highest BCUT2D eigenvalue weighted by molar-refractivity contribution is 6.17. The molecule has 1 aromatic carbocycles. The van der Waals surface area contributed by atoms with Crippen LogP contribution in [0.3, 0.4) is 0 Å². The van der Waals surface area contributed by atoms with E-state index < -0.39 is 0 Å². The Morgan fingerprint density at radius 3 is 2.83 bits per heavy atom. The van der Waals surface area contributed by atoms with Crippen molar-refractivity contribution in [3.05, 3.63) is 36.1 Å². The number of furan rings is 1. The van der Waals surface area contributed by atoms with Gasteiger partial charge in [0, 0.05) is 17.7 Å². The first-order chi connectivity index (χ1) is 5.90. The van der Waals surface area contributed by atoms with E-state index in [-0.39, 0.29) is 0 Å². The fourth-order valence-corrected chi connectivity index (χ4v) is 1.44. The Kier molecular flexibility index (Phi) is 2.05. The summed E-state index contributed by atoms with van der Waals surface area (Å²) in [6, 6.07) is 10.0. The van der Waals surface area contributed by atoms with Gasteiger partial charge in [-0.1, -0.05) is 18.2 Å². The van der Waals surface area contributed by atoms with Gasteiger partial charge in [0.25, 0.3) is 0 Å². The average Bonchev–Trinajstić information content (AvgIpc) is 2.47. The van der Waals surface area contributed by atoms with Gasteiger partial charge in [0.2, 0.25) is 0 Å². The summed E-state index contributed by atoms with van der Waals surface area (Å²) >= 11 is 5.60.